The van der Waals surface area contributed by atoms with Crippen LogP contribution in [0.2, 0.25) is 0 Å². The summed E-state index contributed by atoms with van der Waals surface area (Å²) in [4.78, 5) is 39.5. The molecule has 0 amide bonds. The normalized spacial score (nSPS) is 30.3. The Morgan fingerprint density at radius 1 is 1.22 bits per heavy atom. The highest BCUT2D eigenvalue weighted by molar-refractivity contribution is 7.66. The summed E-state index contributed by atoms with van der Waals surface area (Å²) in [5.74, 6) is 0.0922. The van der Waals surface area contributed by atoms with Crippen molar-refractivity contribution in [2.45, 2.75) is 30.9 Å². The van der Waals surface area contributed by atoms with E-state index in [2.05, 4.69) is 23.2 Å². The average molecular weight is 522 g/mol. The first-order chi connectivity index (χ1) is 14.5. The third kappa shape index (κ3) is 5.42. The van der Waals surface area contributed by atoms with E-state index in [1.54, 1.807) is 0 Å². The molecule has 1 saturated heterocycles. The van der Waals surface area contributed by atoms with E-state index in [9.17, 15) is 23.7 Å². The van der Waals surface area contributed by atoms with Gasteiger partial charge in [0.25, 0.3) is 0 Å². The molecule has 20 heteroatoms. The molecule has 3 rings (SSSR count). The monoisotopic (exact) mass is 522 g/mol. The number of rotatable bonds is 8. The van der Waals surface area contributed by atoms with E-state index in [0.29, 0.717) is 5.52 Å². The minimum atomic E-state index is -5.73. The molecule has 0 saturated carbocycles. The summed E-state index contributed by atoms with van der Waals surface area (Å²) >= 11 is 0. The number of nitrogens with two attached hydrogens (primary N) is 1. The van der Waals surface area contributed by atoms with Crippen LogP contribution < -0.4 is 5.73 Å². The summed E-state index contributed by atoms with van der Waals surface area (Å²) in [6, 6.07) is 2.90. The molecule has 0 radical (unpaired) electrons. The molecule has 0 aliphatic carbocycles. The molecule has 7 N–H and O–H groups in total. The van der Waals surface area contributed by atoms with Gasteiger partial charge >= 0.3 is 23.5 Å². The van der Waals surface area contributed by atoms with Crippen molar-refractivity contribution in [2.24, 2.45) is 0 Å². The summed E-state index contributed by atoms with van der Waals surface area (Å²) in [6.07, 6.45) is -3.84. The van der Waals surface area contributed by atoms with Gasteiger partial charge in [0, 0.05) is 0 Å². The van der Waals surface area contributed by atoms with Crippen LogP contribution in [0.25, 0.3) is 5.52 Å². The van der Waals surface area contributed by atoms with Crippen LogP contribution in [0.1, 0.15) is 18.7 Å². The molecular formula is C12H18FN4O12P3. The first-order valence-electron chi connectivity index (χ1n) is 8.41. The van der Waals surface area contributed by atoms with E-state index in [0.717, 1.165) is 13.3 Å². The fourth-order valence-corrected chi connectivity index (χ4v) is 6.06. The second-order valence-corrected chi connectivity index (χ2v) is 11.2. The lowest BCUT2D eigenvalue weighted by Gasteiger charge is -2.23. The smallest absolute Gasteiger partial charge is 0.387 e. The number of ether oxygens (including phenoxy) is 1. The van der Waals surface area contributed by atoms with Gasteiger partial charge in [-0.25, -0.2) is 27.6 Å². The first kappa shape index (κ1) is 25.3. The van der Waals surface area contributed by atoms with Crippen molar-refractivity contribution in [3.05, 3.63) is 24.2 Å². The minimum Gasteiger partial charge on any atom is -0.387 e. The molecule has 180 valence electrons. The van der Waals surface area contributed by atoms with Gasteiger partial charge in [0.15, 0.2) is 11.5 Å². The molecule has 32 heavy (non-hydrogen) atoms. The molecular weight excluding hydrogens is 504 g/mol. The second-order valence-electron chi connectivity index (χ2n) is 6.74. The van der Waals surface area contributed by atoms with Crippen LogP contribution in [0.5, 0.6) is 0 Å². The number of aromatic nitrogens is 3. The molecule has 0 bridgehead atoms. The van der Waals surface area contributed by atoms with Gasteiger partial charge in [-0.3, -0.25) is 4.52 Å². The quantitative estimate of drug-likeness (QED) is 0.253. The summed E-state index contributed by atoms with van der Waals surface area (Å²) in [7, 11) is -16.8. The van der Waals surface area contributed by atoms with E-state index in [4.69, 9.17) is 25.2 Å². The van der Waals surface area contributed by atoms with Gasteiger partial charge in [0.2, 0.25) is 0 Å². The molecule has 1 fully saturated rings. The Labute approximate surface area is 178 Å². The zero-order valence-electron chi connectivity index (χ0n) is 15.9. The van der Waals surface area contributed by atoms with Crippen molar-refractivity contribution in [2.75, 3.05) is 12.3 Å². The zero-order valence-corrected chi connectivity index (χ0v) is 18.6. The topological polar surface area (TPSA) is 245 Å². The van der Waals surface area contributed by atoms with Gasteiger partial charge in [0.1, 0.15) is 30.2 Å². The van der Waals surface area contributed by atoms with Crippen molar-refractivity contribution in [3.63, 3.8) is 0 Å². The number of aliphatic hydroxyl groups excluding tert-OH is 1. The number of nitrogens with zero attached hydrogens (tertiary/aromatic N) is 3. The molecule has 0 spiro atoms. The maximum absolute atomic E-state index is 15.3. The molecule has 3 heterocycles. The van der Waals surface area contributed by atoms with E-state index in [1.807, 2.05) is 0 Å². The Bertz CT molecular complexity index is 1150. The first-order valence-corrected chi connectivity index (χ1v) is 12.9. The van der Waals surface area contributed by atoms with Crippen LogP contribution in [0.4, 0.5) is 10.2 Å². The van der Waals surface area contributed by atoms with Crippen LogP contribution >= 0.6 is 23.5 Å². The third-order valence-electron chi connectivity index (χ3n) is 4.35. The molecule has 16 nitrogen and oxygen atoms in total. The summed E-state index contributed by atoms with van der Waals surface area (Å²) in [6.45, 7) is -0.0294. The van der Waals surface area contributed by atoms with Crippen molar-refractivity contribution < 1.29 is 60.6 Å². The Hall–Kier alpha value is -1.32. The molecule has 1 aliphatic rings. The Morgan fingerprint density at radius 2 is 1.88 bits per heavy atom. The predicted octanol–water partition coefficient (Wildman–Crippen LogP) is 0.184. The van der Waals surface area contributed by atoms with Crippen LogP contribution in [0, 0.1) is 0 Å². The molecule has 0 aromatic carbocycles. The number of aliphatic hydroxyl groups is 1. The lowest BCUT2D eigenvalue weighted by atomic mass is 9.93. The number of halogens is 1. The number of hydrogen-bond acceptors (Lipinski definition) is 11. The SMILES string of the molecule is C[C@@]1(F)[C@H](O)[C@@H](COP(=O)(O)OP(=O)(O)OP(=O)(O)O)O[C@H]1c1ccc2c(N)ncnn12. The Kier molecular flexibility index (Phi) is 6.70. The highest BCUT2D eigenvalue weighted by Gasteiger charge is 2.56. The number of nitrogen functional groups attached to an aromatic ring is 1. The molecule has 2 aromatic rings. The van der Waals surface area contributed by atoms with Crippen LogP contribution in [-0.4, -0.2) is 63.8 Å². The largest absolute Gasteiger partial charge is 0.490 e. The van der Waals surface area contributed by atoms with Crippen molar-refractivity contribution in [1.82, 2.24) is 14.6 Å². The maximum Gasteiger partial charge on any atom is 0.490 e. The van der Waals surface area contributed by atoms with E-state index >= 15 is 4.39 Å². The molecule has 1 aliphatic heterocycles. The summed E-state index contributed by atoms with van der Waals surface area (Å²) in [5.41, 5.74) is 3.71. The van der Waals surface area contributed by atoms with Gasteiger partial charge in [-0.1, -0.05) is 0 Å². The summed E-state index contributed by atoms with van der Waals surface area (Å²) in [5, 5.41) is 14.2. The van der Waals surface area contributed by atoms with Crippen LogP contribution in [-0.2, 0) is 31.6 Å². The van der Waals surface area contributed by atoms with Crippen LogP contribution in [0.3, 0.4) is 0 Å². The highest BCUT2D eigenvalue weighted by Crippen LogP contribution is 2.66. The highest BCUT2D eigenvalue weighted by atomic mass is 31.3. The lowest BCUT2D eigenvalue weighted by Crippen LogP contribution is -2.39. The van der Waals surface area contributed by atoms with E-state index < -0.39 is 54.1 Å². The minimum absolute atomic E-state index is 0.0922. The number of alkyl halides is 1. The zero-order chi connectivity index (χ0) is 24.1. The van der Waals surface area contributed by atoms with Crippen LogP contribution in [0.15, 0.2) is 18.5 Å². The fraction of sp³-hybridized carbons (Fsp3) is 0.500. The predicted molar refractivity (Wildman–Crippen MR) is 100 cm³/mol. The summed E-state index contributed by atoms with van der Waals surface area (Å²) < 4.78 is 67.4. The molecule has 6 atom stereocenters. The Morgan fingerprint density at radius 3 is 2.50 bits per heavy atom. The molecule has 2 aromatic heterocycles. The van der Waals surface area contributed by atoms with Crippen molar-refractivity contribution in [1.29, 1.82) is 0 Å². The lowest BCUT2D eigenvalue weighted by molar-refractivity contribution is -0.0243. The molecule has 2 unspecified atom stereocenters. The maximum atomic E-state index is 15.3. The van der Waals surface area contributed by atoms with E-state index in [-0.39, 0.29) is 11.5 Å². The number of phosphoric acid groups is 3. The number of phosphoric ester groups is 1. The van der Waals surface area contributed by atoms with Crippen molar-refractivity contribution in [3.8, 4) is 0 Å². The second kappa shape index (κ2) is 8.47. The number of anilines is 1. The fourth-order valence-electron chi connectivity index (χ4n) is 3.03. The number of hydrogen-bond donors (Lipinski definition) is 6. The van der Waals surface area contributed by atoms with Gasteiger partial charge in [-0.15, -0.1) is 0 Å². The van der Waals surface area contributed by atoms with Crippen molar-refractivity contribution >= 4 is 34.8 Å². The van der Waals surface area contributed by atoms with E-state index in [1.165, 1.54) is 16.6 Å². The van der Waals surface area contributed by atoms with Gasteiger partial charge in [-0.2, -0.15) is 13.7 Å². The third-order valence-corrected chi connectivity index (χ3v) is 8.15. The van der Waals surface area contributed by atoms with Gasteiger partial charge in [-0.05, 0) is 19.1 Å². The Balaban J connectivity index is 1.74. The number of fused-ring (bicyclic) bond motifs is 1. The van der Waals surface area contributed by atoms with Gasteiger partial charge in [0.05, 0.1) is 12.3 Å². The standard InChI is InChI=1S/C12H18FN4O12P3/c1-12(13)9(18)8(4-26-31(22,23)29-32(24,25)28-30(19,20)21)27-10(12)6-2-3-7-11(14)15-5-16-17(6)7/h2-3,5,8-10,18H,4H2,1H3,(H,22,23)(H,24,25)(H2,14,15,16)(H2,19,20,21)/t8-,9-,10+,12-/m1/s1. The van der Waals surface area contributed by atoms with Gasteiger partial charge < -0.3 is 35.2 Å². The average Bonchev–Trinajstić information content (AvgIpc) is 3.11.